The fourth-order valence-corrected chi connectivity index (χ4v) is 5.12. The minimum Gasteiger partial charge on any atom is -0.313 e. The number of nitrogens with one attached hydrogen (secondary N) is 2. The van der Waals surface area contributed by atoms with Crippen molar-refractivity contribution < 1.29 is 16.8 Å². The van der Waals surface area contributed by atoms with Gasteiger partial charge in [0.25, 0.3) is 0 Å². The van der Waals surface area contributed by atoms with E-state index in [1.807, 2.05) is 13.8 Å². The van der Waals surface area contributed by atoms with Crippen molar-refractivity contribution in [2.75, 3.05) is 24.6 Å². The summed E-state index contributed by atoms with van der Waals surface area (Å²) >= 11 is 0. The molecule has 0 aromatic heterocycles. The average Bonchev–Trinajstić information content (AvgIpc) is 2.23. The van der Waals surface area contributed by atoms with Crippen LogP contribution in [0.25, 0.3) is 0 Å². The van der Waals surface area contributed by atoms with Gasteiger partial charge in [0.2, 0.25) is 10.0 Å². The number of sulfone groups is 1. The molecule has 8 heteroatoms. The first-order valence-electron chi connectivity index (χ1n) is 6.15. The van der Waals surface area contributed by atoms with Gasteiger partial charge in [-0.05, 0) is 12.8 Å². The van der Waals surface area contributed by atoms with Crippen LogP contribution in [0, 0.1) is 0 Å². The van der Waals surface area contributed by atoms with Crippen molar-refractivity contribution in [3.05, 3.63) is 0 Å². The third-order valence-electron chi connectivity index (χ3n) is 2.92. The van der Waals surface area contributed by atoms with Gasteiger partial charge < -0.3 is 5.32 Å². The van der Waals surface area contributed by atoms with Gasteiger partial charge in [0.05, 0.1) is 16.8 Å². The summed E-state index contributed by atoms with van der Waals surface area (Å²) in [7, 11) is -6.40. The molecule has 1 saturated heterocycles. The normalized spacial score (nSPS) is 21.3. The summed E-state index contributed by atoms with van der Waals surface area (Å²) in [6.07, 6.45) is 0.407. The van der Waals surface area contributed by atoms with Crippen LogP contribution < -0.4 is 10.0 Å². The summed E-state index contributed by atoms with van der Waals surface area (Å²) in [6, 6.07) is 0.314. The first-order chi connectivity index (χ1) is 8.23. The zero-order chi connectivity index (χ0) is 13.8. The van der Waals surface area contributed by atoms with Crippen LogP contribution in [0.4, 0.5) is 0 Å². The highest BCUT2D eigenvalue weighted by atomic mass is 32.2. The molecule has 1 aliphatic rings. The highest BCUT2D eigenvalue weighted by molar-refractivity contribution is 7.92. The van der Waals surface area contributed by atoms with E-state index < -0.39 is 25.1 Å². The Kier molecular flexibility index (Phi) is 5.57. The van der Waals surface area contributed by atoms with E-state index >= 15 is 0 Å². The molecule has 1 fully saturated rings. The molecule has 1 heterocycles. The van der Waals surface area contributed by atoms with E-state index in [1.165, 1.54) is 0 Å². The SMILES string of the molecule is CC(C)NCCNS(=O)(=O)C1CCS(=O)(=O)CC1. The van der Waals surface area contributed by atoms with Crippen molar-refractivity contribution in [3.63, 3.8) is 0 Å². The fraction of sp³-hybridized carbons (Fsp3) is 1.00. The molecule has 108 valence electrons. The molecule has 0 saturated carbocycles. The molecule has 0 aliphatic carbocycles. The summed E-state index contributed by atoms with van der Waals surface area (Å²) in [5.74, 6) is -0.0500. The first-order valence-corrected chi connectivity index (χ1v) is 9.52. The van der Waals surface area contributed by atoms with Crippen LogP contribution in [0.5, 0.6) is 0 Å². The Labute approximate surface area is 110 Å². The molecule has 0 amide bonds. The number of hydrogen-bond donors (Lipinski definition) is 2. The van der Waals surface area contributed by atoms with E-state index in [9.17, 15) is 16.8 Å². The molecular weight excluding hydrogens is 276 g/mol. The predicted octanol–water partition coefficient (Wildman–Crippen LogP) is -0.519. The molecule has 2 N–H and O–H groups in total. The summed E-state index contributed by atoms with van der Waals surface area (Å²) < 4.78 is 48.8. The Morgan fingerprint density at radius 3 is 2.22 bits per heavy atom. The Morgan fingerprint density at radius 2 is 1.72 bits per heavy atom. The van der Waals surface area contributed by atoms with Gasteiger partial charge in [-0.1, -0.05) is 13.8 Å². The van der Waals surface area contributed by atoms with E-state index in [1.54, 1.807) is 0 Å². The maximum Gasteiger partial charge on any atom is 0.214 e. The van der Waals surface area contributed by atoms with Crippen LogP contribution in [-0.2, 0) is 19.9 Å². The Hall–Kier alpha value is -0.180. The molecule has 1 aliphatic heterocycles. The summed E-state index contributed by atoms with van der Waals surface area (Å²) in [6.45, 7) is 4.88. The zero-order valence-electron chi connectivity index (χ0n) is 10.8. The molecular formula is C10H22N2O4S2. The largest absolute Gasteiger partial charge is 0.313 e. The summed E-state index contributed by atoms with van der Waals surface area (Å²) in [5, 5.41) is 2.54. The third kappa shape index (κ3) is 5.21. The van der Waals surface area contributed by atoms with E-state index in [0.29, 0.717) is 19.1 Å². The summed E-state index contributed by atoms with van der Waals surface area (Å²) in [4.78, 5) is 0. The molecule has 0 aromatic rings. The van der Waals surface area contributed by atoms with Crippen molar-refractivity contribution in [1.29, 1.82) is 0 Å². The van der Waals surface area contributed by atoms with Crippen molar-refractivity contribution >= 4 is 19.9 Å². The fourth-order valence-electron chi connectivity index (χ4n) is 1.85. The van der Waals surface area contributed by atoms with Gasteiger partial charge in [-0.3, -0.25) is 0 Å². The monoisotopic (exact) mass is 298 g/mol. The van der Waals surface area contributed by atoms with Crippen molar-refractivity contribution in [3.8, 4) is 0 Å². The van der Waals surface area contributed by atoms with Gasteiger partial charge >= 0.3 is 0 Å². The third-order valence-corrected chi connectivity index (χ3v) is 6.59. The molecule has 0 aromatic carbocycles. The number of sulfonamides is 1. The van der Waals surface area contributed by atoms with Crippen LogP contribution in [0.1, 0.15) is 26.7 Å². The minimum absolute atomic E-state index is 0.0250. The Bertz CT molecular complexity index is 442. The average molecular weight is 298 g/mol. The van der Waals surface area contributed by atoms with Gasteiger partial charge in [-0.25, -0.2) is 21.6 Å². The molecule has 0 radical (unpaired) electrons. The summed E-state index contributed by atoms with van der Waals surface area (Å²) in [5.41, 5.74) is 0. The molecule has 0 spiro atoms. The van der Waals surface area contributed by atoms with E-state index in [0.717, 1.165) is 0 Å². The zero-order valence-corrected chi connectivity index (χ0v) is 12.5. The molecule has 0 bridgehead atoms. The van der Waals surface area contributed by atoms with Gasteiger partial charge in [0, 0.05) is 19.1 Å². The Balaban J connectivity index is 2.40. The lowest BCUT2D eigenvalue weighted by atomic mass is 10.2. The highest BCUT2D eigenvalue weighted by Gasteiger charge is 2.32. The topological polar surface area (TPSA) is 92.3 Å². The molecule has 6 nitrogen and oxygen atoms in total. The van der Waals surface area contributed by atoms with Crippen LogP contribution in [0.15, 0.2) is 0 Å². The van der Waals surface area contributed by atoms with E-state index in [4.69, 9.17) is 0 Å². The maximum atomic E-state index is 11.9. The molecule has 0 atom stereocenters. The van der Waals surface area contributed by atoms with Gasteiger partial charge in [-0.15, -0.1) is 0 Å². The maximum absolute atomic E-state index is 11.9. The highest BCUT2D eigenvalue weighted by Crippen LogP contribution is 2.18. The lowest BCUT2D eigenvalue weighted by Crippen LogP contribution is -2.42. The second-order valence-corrected chi connectivity index (χ2v) is 9.25. The molecule has 0 unspecified atom stereocenters. The second kappa shape index (κ2) is 6.31. The molecule has 1 rings (SSSR count). The van der Waals surface area contributed by atoms with E-state index in [2.05, 4.69) is 10.0 Å². The predicted molar refractivity (Wildman–Crippen MR) is 71.7 cm³/mol. The number of hydrogen-bond acceptors (Lipinski definition) is 5. The van der Waals surface area contributed by atoms with E-state index in [-0.39, 0.29) is 24.3 Å². The lowest BCUT2D eigenvalue weighted by Gasteiger charge is -2.22. The van der Waals surface area contributed by atoms with Gasteiger partial charge in [0.15, 0.2) is 0 Å². The van der Waals surface area contributed by atoms with Crippen molar-refractivity contribution in [2.45, 2.75) is 38.0 Å². The number of rotatable bonds is 6. The second-order valence-electron chi connectivity index (χ2n) is 4.90. The quantitative estimate of drug-likeness (QED) is 0.644. The van der Waals surface area contributed by atoms with Crippen LogP contribution >= 0.6 is 0 Å². The Morgan fingerprint density at radius 1 is 1.17 bits per heavy atom. The van der Waals surface area contributed by atoms with Crippen molar-refractivity contribution in [1.82, 2.24) is 10.0 Å². The van der Waals surface area contributed by atoms with Crippen LogP contribution in [0.2, 0.25) is 0 Å². The minimum atomic E-state index is -3.39. The van der Waals surface area contributed by atoms with Gasteiger partial charge in [0.1, 0.15) is 9.84 Å². The van der Waals surface area contributed by atoms with Crippen molar-refractivity contribution in [2.24, 2.45) is 0 Å². The smallest absolute Gasteiger partial charge is 0.214 e. The lowest BCUT2D eigenvalue weighted by molar-refractivity contribution is 0.534. The standard InChI is InChI=1S/C10H22N2O4S2/c1-9(2)11-5-6-12-18(15,16)10-3-7-17(13,14)8-4-10/h9-12H,3-8H2,1-2H3. The first kappa shape index (κ1) is 15.9. The van der Waals surface area contributed by atoms with Gasteiger partial charge in [-0.2, -0.15) is 0 Å². The van der Waals surface area contributed by atoms with Crippen LogP contribution in [0.3, 0.4) is 0 Å². The molecule has 18 heavy (non-hydrogen) atoms. The van der Waals surface area contributed by atoms with Crippen LogP contribution in [-0.4, -0.2) is 52.7 Å².